The molecule has 0 radical (unpaired) electrons. The van der Waals surface area contributed by atoms with Crippen LogP contribution in [0.3, 0.4) is 0 Å². The fourth-order valence-electron chi connectivity index (χ4n) is 4.65. The minimum absolute atomic E-state index is 0.0446. The van der Waals surface area contributed by atoms with Gasteiger partial charge in [0.2, 0.25) is 0 Å². The summed E-state index contributed by atoms with van der Waals surface area (Å²) in [4.78, 5) is 26.6. The predicted molar refractivity (Wildman–Crippen MR) is 129 cm³/mol. The lowest BCUT2D eigenvalue weighted by Crippen LogP contribution is -2.46. The Morgan fingerprint density at radius 2 is 1.88 bits per heavy atom. The highest BCUT2D eigenvalue weighted by Crippen LogP contribution is 2.36. The molecular formula is C26H25ClN2O5. The van der Waals surface area contributed by atoms with Gasteiger partial charge in [0, 0.05) is 24.1 Å². The van der Waals surface area contributed by atoms with Crippen LogP contribution in [0.1, 0.15) is 36.1 Å². The van der Waals surface area contributed by atoms with Gasteiger partial charge in [-0.2, -0.15) is 0 Å². The smallest absolute Gasteiger partial charge is 0.339 e. The van der Waals surface area contributed by atoms with E-state index in [1.165, 1.54) is 4.90 Å². The molecule has 0 bridgehead atoms. The van der Waals surface area contributed by atoms with Crippen LogP contribution in [0.2, 0.25) is 5.02 Å². The van der Waals surface area contributed by atoms with Crippen LogP contribution < -0.4 is 15.7 Å². The maximum atomic E-state index is 12.7. The lowest BCUT2D eigenvalue weighted by atomic mass is 10.0. The largest absolute Gasteiger partial charge is 0.494 e. The number of amides is 2. The summed E-state index contributed by atoms with van der Waals surface area (Å²) in [6.07, 6.45) is 2.49. The van der Waals surface area contributed by atoms with Crippen molar-refractivity contribution >= 4 is 28.6 Å². The Balaban J connectivity index is 1.51. The number of hydrogen-bond acceptors (Lipinski definition) is 5. The highest BCUT2D eigenvalue weighted by molar-refractivity contribution is 6.32. The summed E-state index contributed by atoms with van der Waals surface area (Å²) in [6.45, 7) is 2.37. The third-order valence-corrected chi connectivity index (χ3v) is 6.64. The van der Waals surface area contributed by atoms with Crippen LogP contribution in [-0.4, -0.2) is 31.2 Å². The zero-order valence-electron chi connectivity index (χ0n) is 19.0. The molecule has 176 valence electrons. The van der Waals surface area contributed by atoms with Crippen LogP contribution in [0, 0.1) is 0 Å². The number of aryl methyl sites for hydroxylation is 1. The Morgan fingerprint density at radius 1 is 1.12 bits per heavy atom. The minimum Gasteiger partial charge on any atom is -0.494 e. The van der Waals surface area contributed by atoms with E-state index < -0.39 is 6.04 Å². The van der Waals surface area contributed by atoms with Gasteiger partial charge in [-0.05, 0) is 43.4 Å². The monoisotopic (exact) mass is 480 g/mol. The van der Waals surface area contributed by atoms with E-state index in [0.717, 1.165) is 41.3 Å². The van der Waals surface area contributed by atoms with Crippen molar-refractivity contribution in [2.45, 2.75) is 32.2 Å². The number of carbonyl (C=O) groups is 1. The molecule has 8 heteroatoms. The standard InChI is InChI=1S/C26H25ClN2O5/c1-3-32-24-20(29(2)26(31)28-23(24)15-8-5-4-6-9-15)14-33-22-13-21-18(12-19(22)27)16-10-7-11-17(16)25(30)34-21/h4-6,8-9,12-13,23H,3,7,10-11,14H2,1-2H3,(H,28,31)/t23-/m1/s1. The maximum absolute atomic E-state index is 12.7. The predicted octanol–water partition coefficient (Wildman–Crippen LogP) is 4.96. The first-order chi connectivity index (χ1) is 16.5. The molecule has 2 aliphatic rings. The molecule has 1 aliphatic carbocycles. The second-order valence-electron chi connectivity index (χ2n) is 8.36. The van der Waals surface area contributed by atoms with Gasteiger partial charge in [-0.15, -0.1) is 0 Å². The summed E-state index contributed by atoms with van der Waals surface area (Å²) >= 11 is 6.56. The molecular weight excluding hydrogens is 456 g/mol. The van der Waals surface area contributed by atoms with E-state index >= 15 is 0 Å². The van der Waals surface area contributed by atoms with E-state index in [-0.39, 0.29) is 18.3 Å². The van der Waals surface area contributed by atoms with Gasteiger partial charge in [-0.1, -0.05) is 41.9 Å². The van der Waals surface area contributed by atoms with E-state index in [4.69, 9.17) is 25.5 Å². The number of rotatable bonds is 6. The Labute approximate surface area is 201 Å². The van der Waals surface area contributed by atoms with Crippen molar-refractivity contribution in [1.29, 1.82) is 0 Å². The first-order valence-electron chi connectivity index (χ1n) is 11.3. The van der Waals surface area contributed by atoms with Crippen molar-refractivity contribution in [3.8, 4) is 5.75 Å². The lowest BCUT2D eigenvalue weighted by molar-refractivity contribution is 0.149. The molecule has 0 saturated heterocycles. The topological polar surface area (TPSA) is 81.0 Å². The van der Waals surface area contributed by atoms with Crippen LogP contribution in [0.15, 0.2) is 63.1 Å². The van der Waals surface area contributed by atoms with Gasteiger partial charge in [0.15, 0.2) is 0 Å². The van der Waals surface area contributed by atoms with Crippen LogP contribution in [0.25, 0.3) is 11.0 Å². The fraction of sp³-hybridized carbons (Fsp3) is 0.308. The fourth-order valence-corrected chi connectivity index (χ4v) is 4.87. The Kier molecular flexibility index (Phi) is 5.96. The average Bonchev–Trinajstić information content (AvgIpc) is 3.34. The summed E-state index contributed by atoms with van der Waals surface area (Å²) in [5, 5.41) is 4.24. The van der Waals surface area contributed by atoms with E-state index in [1.807, 2.05) is 37.3 Å². The second-order valence-corrected chi connectivity index (χ2v) is 8.77. The number of ether oxygens (including phenoxy) is 2. The van der Waals surface area contributed by atoms with Gasteiger partial charge in [-0.25, -0.2) is 9.59 Å². The molecule has 0 spiro atoms. The van der Waals surface area contributed by atoms with Gasteiger partial charge >= 0.3 is 11.7 Å². The Morgan fingerprint density at radius 3 is 2.65 bits per heavy atom. The summed E-state index contributed by atoms with van der Waals surface area (Å²) in [5.74, 6) is 0.978. The first kappa shape index (κ1) is 22.3. The van der Waals surface area contributed by atoms with Crippen molar-refractivity contribution in [1.82, 2.24) is 10.2 Å². The van der Waals surface area contributed by atoms with Crippen LogP contribution in [0.5, 0.6) is 5.75 Å². The number of nitrogens with one attached hydrogen (secondary N) is 1. The van der Waals surface area contributed by atoms with Gasteiger partial charge in [0.1, 0.15) is 35.4 Å². The maximum Gasteiger partial charge on any atom is 0.339 e. The molecule has 5 rings (SSSR count). The van der Waals surface area contributed by atoms with Crippen LogP contribution in [-0.2, 0) is 17.6 Å². The number of halogens is 1. The molecule has 3 aromatic rings. The van der Waals surface area contributed by atoms with Gasteiger partial charge < -0.3 is 19.2 Å². The zero-order valence-corrected chi connectivity index (χ0v) is 19.8. The molecule has 2 aromatic carbocycles. The van der Waals surface area contributed by atoms with Gasteiger partial charge in [-0.3, -0.25) is 4.90 Å². The highest BCUT2D eigenvalue weighted by atomic mass is 35.5. The Hall–Kier alpha value is -3.45. The van der Waals surface area contributed by atoms with Crippen molar-refractivity contribution in [3.63, 3.8) is 0 Å². The van der Waals surface area contributed by atoms with Crippen molar-refractivity contribution in [2.24, 2.45) is 0 Å². The van der Waals surface area contributed by atoms with E-state index in [1.54, 1.807) is 19.2 Å². The number of benzene rings is 2. The molecule has 0 saturated carbocycles. The number of urea groups is 1. The third-order valence-electron chi connectivity index (χ3n) is 6.35. The van der Waals surface area contributed by atoms with Gasteiger partial charge in [0.05, 0.1) is 11.6 Å². The summed E-state index contributed by atoms with van der Waals surface area (Å²) < 4.78 is 17.6. The highest BCUT2D eigenvalue weighted by Gasteiger charge is 2.34. The first-order valence-corrected chi connectivity index (χ1v) is 11.7. The molecule has 0 unspecified atom stereocenters. The number of likely N-dealkylation sites (N-methyl/N-ethyl adjacent to an activating group) is 1. The zero-order chi connectivity index (χ0) is 23.8. The number of hydrogen-bond donors (Lipinski definition) is 1. The SMILES string of the molecule is CCOC1=C(COc2cc3oc(=O)c4c(c3cc2Cl)CCC4)N(C)C(=O)N[C@@H]1c1ccccc1. The summed E-state index contributed by atoms with van der Waals surface area (Å²) in [5.41, 5.74) is 3.39. The third kappa shape index (κ3) is 3.90. The van der Waals surface area contributed by atoms with E-state index in [2.05, 4.69) is 5.32 Å². The summed E-state index contributed by atoms with van der Waals surface area (Å²) in [6, 6.07) is 12.4. The molecule has 34 heavy (non-hydrogen) atoms. The molecule has 7 nitrogen and oxygen atoms in total. The second kappa shape index (κ2) is 9.06. The van der Waals surface area contributed by atoms with Crippen molar-refractivity contribution in [3.05, 3.63) is 86.1 Å². The molecule has 1 atom stereocenters. The number of carbonyl (C=O) groups excluding carboxylic acids is 1. The summed E-state index contributed by atoms with van der Waals surface area (Å²) in [7, 11) is 1.67. The Bertz CT molecular complexity index is 1350. The van der Waals surface area contributed by atoms with Crippen LogP contribution in [0.4, 0.5) is 4.79 Å². The van der Waals surface area contributed by atoms with Gasteiger partial charge in [0.25, 0.3) is 0 Å². The van der Waals surface area contributed by atoms with Crippen LogP contribution >= 0.6 is 11.6 Å². The van der Waals surface area contributed by atoms with Crippen molar-refractivity contribution in [2.75, 3.05) is 20.3 Å². The molecule has 1 aliphatic heterocycles. The molecule has 0 fully saturated rings. The minimum atomic E-state index is -0.434. The number of fused-ring (bicyclic) bond motifs is 3. The molecule has 1 N–H and O–H groups in total. The lowest BCUT2D eigenvalue weighted by Gasteiger charge is -2.34. The van der Waals surface area contributed by atoms with E-state index in [0.29, 0.717) is 34.4 Å². The molecule has 2 heterocycles. The molecule has 1 aromatic heterocycles. The molecule has 2 amide bonds. The quantitative estimate of drug-likeness (QED) is 0.504. The average molecular weight is 481 g/mol. The van der Waals surface area contributed by atoms with E-state index in [9.17, 15) is 9.59 Å². The number of nitrogens with zero attached hydrogens (tertiary/aromatic N) is 1. The van der Waals surface area contributed by atoms with Crippen molar-refractivity contribution < 1.29 is 18.7 Å². The normalized spacial score (nSPS) is 17.7.